The van der Waals surface area contributed by atoms with E-state index in [1.807, 2.05) is 13.8 Å². The van der Waals surface area contributed by atoms with Gasteiger partial charge in [0.25, 0.3) is 0 Å². The molecule has 2 amide bonds. The molecule has 7 heteroatoms. The average Bonchev–Trinajstić information content (AvgIpc) is 2.66. The Hall–Kier alpha value is -1.92. The van der Waals surface area contributed by atoms with Gasteiger partial charge < -0.3 is 10.6 Å². The topological polar surface area (TPSA) is 97.1 Å². The zero-order valence-electron chi connectivity index (χ0n) is 9.95. The van der Waals surface area contributed by atoms with Gasteiger partial charge in [-0.2, -0.15) is 0 Å². The molecule has 1 aromatic rings. The number of nitrogens with one attached hydrogen (secondary N) is 2. The summed E-state index contributed by atoms with van der Waals surface area (Å²) in [7, 11) is 0. The first-order valence-corrected chi connectivity index (χ1v) is 5.59. The van der Waals surface area contributed by atoms with Gasteiger partial charge >= 0.3 is 0 Å². The minimum absolute atomic E-state index is 0.146. The Morgan fingerprint density at radius 2 is 1.41 bits per heavy atom. The smallest absolute Gasteiger partial charge is 0.225 e. The van der Waals surface area contributed by atoms with Gasteiger partial charge in [-0.25, -0.2) is 4.63 Å². The van der Waals surface area contributed by atoms with Crippen molar-refractivity contribution in [3.8, 4) is 0 Å². The molecule has 94 valence electrons. The second kappa shape index (κ2) is 6.62. The van der Waals surface area contributed by atoms with Crippen molar-refractivity contribution in [1.29, 1.82) is 0 Å². The van der Waals surface area contributed by atoms with Crippen molar-refractivity contribution in [2.75, 3.05) is 10.6 Å². The van der Waals surface area contributed by atoms with Crippen LogP contribution in [0, 0.1) is 0 Å². The third kappa shape index (κ3) is 4.21. The predicted octanol–water partition coefficient (Wildman–Crippen LogP) is 1.55. The third-order valence-electron chi connectivity index (χ3n) is 1.96. The van der Waals surface area contributed by atoms with Crippen molar-refractivity contribution in [3.63, 3.8) is 0 Å². The summed E-state index contributed by atoms with van der Waals surface area (Å²) in [5, 5.41) is 12.1. The molecule has 0 spiro atoms. The fourth-order valence-corrected chi connectivity index (χ4v) is 1.20. The fourth-order valence-electron chi connectivity index (χ4n) is 1.20. The molecule has 2 N–H and O–H groups in total. The lowest BCUT2D eigenvalue weighted by Gasteiger charge is -2.02. The molecule has 0 aliphatic rings. The van der Waals surface area contributed by atoms with E-state index in [0.717, 1.165) is 12.8 Å². The number of rotatable bonds is 6. The zero-order valence-corrected chi connectivity index (χ0v) is 9.95. The predicted molar refractivity (Wildman–Crippen MR) is 61.4 cm³/mol. The minimum Gasteiger partial charge on any atom is -0.305 e. The number of hydrogen-bond donors (Lipinski definition) is 2. The van der Waals surface area contributed by atoms with Crippen molar-refractivity contribution >= 4 is 23.5 Å². The van der Waals surface area contributed by atoms with E-state index in [1.54, 1.807) is 0 Å². The molecule has 0 aliphatic carbocycles. The molecule has 0 atom stereocenters. The standard InChI is InChI=1S/C10H16N4O3/c1-3-5-7(15)11-9-10(14-17-13-9)12-8(16)6-4-2/h3-6H2,1-2H3,(H,11,13,15)(H,12,14,16). The van der Waals surface area contributed by atoms with Crippen LogP contribution in [0.1, 0.15) is 39.5 Å². The monoisotopic (exact) mass is 240 g/mol. The van der Waals surface area contributed by atoms with E-state index in [9.17, 15) is 9.59 Å². The van der Waals surface area contributed by atoms with Crippen LogP contribution in [0.15, 0.2) is 4.63 Å². The summed E-state index contributed by atoms with van der Waals surface area (Å²) in [6, 6.07) is 0. The highest BCUT2D eigenvalue weighted by Gasteiger charge is 2.14. The molecule has 0 saturated heterocycles. The maximum absolute atomic E-state index is 11.3. The van der Waals surface area contributed by atoms with Gasteiger partial charge in [0, 0.05) is 12.8 Å². The lowest BCUT2D eigenvalue weighted by molar-refractivity contribution is -0.117. The first-order chi connectivity index (χ1) is 8.17. The molecule has 0 aliphatic heterocycles. The van der Waals surface area contributed by atoms with Crippen molar-refractivity contribution in [1.82, 2.24) is 10.3 Å². The quantitative estimate of drug-likeness (QED) is 0.786. The van der Waals surface area contributed by atoms with Crippen molar-refractivity contribution in [2.24, 2.45) is 0 Å². The molecule has 1 rings (SSSR count). The van der Waals surface area contributed by atoms with Gasteiger partial charge in [-0.3, -0.25) is 9.59 Å². The van der Waals surface area contributed by atoms with Crippen molar-refractivity contribution < 1.29 is 14.2 Å². The molecule has 0 radical (unpaired) electrons. The van der Waals surface area contributed by atoms with Gasteiger partial charge in [-0.15, -0.1) is 0 Å². The van der Waals surface area contributed by atoms with Crippen LogP contribution in [0.25, 0.3) is 0 Å². The lowest BCUT2D eigenvalue weighted by atomic mass is 10.3. The van der Waals surface area contributed by atoms with Crippen molar-refractivity contribution in [3.05, 3.63) is 0 Å². The molecule has 0 fully saturated rings. The highest BCUT2D eigenvalue weighted by atomic mass is 16.6. The van der Waals surface area contributed by atoms with Crippen LogP contribution in [0.3, 0.4) is 0 Å². The Kier molecular flexibility index (Phi) is 5.12. The molecule has 1 aromatic heterocycles. The lowest BCUT2D eigenvalue weighted by Crippen LogP contribution is -2.16. The summed E-state index contributed by atoms with van der Waals surface area (Å²) in [5.41, 5.74) is 0. The molecule has 0 aromatic carbocycles. The van der Waals surface area contributed by atoms with Crippen LogP contribution in [0.5, 0.6) is 0 Å². The van der Waals surface area contributed by atoms with E-state index in [-0.39, 0.29) is 23.5 Å². The summed E-state index contributed by atoms with van der Waals surface area (Å²) in [6.07, 6.45) is 2.23. The Morgan fingerprint density at radius 3 is 1.76 bits per heavy atom. The van der Waals surface area contributed by atoms with Crippen LogP contribution in [-0.4, -0.2) is 22.1 Å². The molecule has 7 nitrogen and oxygen atoms in total. The van der Waals surface area contributed by atoms with Gasteiger partial charge in [-0.1, -0.05) is 13.8 Å². The number of carbonyl (C=O) groups excluding carboxylic acids is 2. The Balaban J connectivity index is 2.59. The second-order valence-corrected chi connectivity index (χ2v) is 3.56. The number of aromatic nitrogens is 2. The molecule has 17 heavy (non-hydrogen) atoms. The number of carbonyl (C=O) groups is 2. The molecule has 1 heterocycles. The van der Waals surface area contributed by atoms with E-state index >= 15 is 0 Å². The summed E-state index contributed by atoms with van der Waals surface area (Å²) >= 11 is 0. The molecular weight excluding hydrogens is 224 g/mol. The second-order valence-electron chi connectivity index (χ2n) is 3.56. The molecular formula is C10H16N4O3. The SMILES string of the molecule is CCCC(=O)Nc1nonc1NC(=O)CCC. The summed E-state index contributed by atoms with van der Waals surface area (Å²) in [6.45, 7) is 3.79. The van der Waals surface area contributed by atoms with Gasteiger partial charge in [0.15, 0.2) is 0 Å². The Labute approximate surface area is 98.9 Å². The number of nitrogens with zero attached hydrogens (tertiary/aromatic N) is 2. The van der Waals surface area contributed by atoms with Gasteiger partial charge in [0.2, 0.25) is 23.5 Å². The van der Waals surface area contributed by atoms with Crippen LogP contribution < -0.4 is 10.6 Å². The van der Waals surface area contributed by atoms with E-state index in [1.165, 1.54) is 0 Å². The van der Waals surface area contributed by atoms with Crippen LogP contribution in [0.2, 0.25) is 0 Å². The molecule has 0 saturated carbocycles. The molecule has 0 unspecified atom stereocenters. The summed E-state index contributed by atoms with van der Waals surface area (Å²) in [5.74, 6) is -0.0795. The van der Waals surface area contributed by atoms with E-state index < -0.39 is 0 Å². The summed E-state index contributed by atoms with van der Waals surface area (Å²) in [4.78, 5) is 22.7. The zero-order chi connectivity index (χ0) is 12.7. The first kappa shape index (κ1) is 13.1. The van der Waals surface area contributed by atoms with Crippen LogP contribution in [0.4, 0.5) is 11.6 Å². The van der Waals surface area contributed by atoms with E-state index in [2.05, 4.69) is 25.6 Å². The number of hydrogen-bond acceptors (Lipinski definition) is 5. The average molecular weight is 240 g/mol. The first-order valence-electron chi connectivity index (χ1n) is 5.59. The highest BCUT2D eigenvalue weighted by molar-refractivity contribution is 5.96. The number of anilines is 2. The van der Waals surface area contributed by atoms with Crippen LogP contribution >= 0.6 is 0 Å². The molecule has 0 bridgehead atoms. The fraction of sp³-hybridized carbons (Fsp3) is 0.600. The Bertz CT molecular complexity index is 354. The van der Waals surface area contributed by atoms with Gasteiger partial charge in [0.05, 0.1) is 0 Å². The van der Waals surface area contributed by atoms with Gasteiger partial charge in [-0.05, 0) is 23.2 Å². The minimum atomic E-state index is -0.186. The largest absolute Gasteiger partial charge is 0.305 e. The van der Waals surface area contributed by atoms with E-state index in [4.69, 9.17) is 0 Å². The summed E-state index contributed by atoms with van der Waals surface area (Å²) < 4.78 is 4.47. The highest BCUT2D eigenvalue weighted by Crippen LogP contribution is 2.16. The van der Waals surface area contributed by atoms with E-state index in [0.29, 0.717) is 12.8 Å². The van der Waals surface area contributed by atoms with Crippen molar-refractivity contribution in [2.45, 2.75) is 39.5 Å². The normalized spacial score (nSPS) is 10.0. The van der Waals surface area contributed by atoms with Crippen LogP contribution in [-0.2, 0) is 9.59 Å². The maximum Gasteiger partial charge on any atom is 0.225 e. The number of amides is 2. The maximum atomic E-state index is 11.3. The third-order valence-corrected chi connectivity index (χ3v) is 1.96. The Morgan fingerprint density at radius 1 is 1.00 bits per heavy atom. The van der Waals surface area contributed by atoms with Gasteiger partial charge in [0.1, 0.15) is 0 Å².